The van der Waals surface area contributed by atoms with E-state index in [0.717, 1.165) is 6.42 Å². The molecule has 0 rings (SSSR count). The van der Waals surface area contributed by atoms with Crippen molar-refractivity contribution in [1.29, 1.82) is 0 Å². The molecule has 0 aliphatic heterocycles. The molecule has 0 aromatic rings. The van der Waals surface area contributed by atoms with E-state index in [9.17, 15) is 4.79 Å². The van der Waals surface area contributed by atoms with Crippen LogP contribution >= 0.6 is 0 Å². The largest absolute Gasteiger partial charge is 0.449 e. The third kappa shape index (κ3) is 7.43. The quantitative estimate of drug-likeness (QED) is 0.309. The first-order valence-electron chi connectivity index (χ1n) is 5.89. The molecule has 0 aromatic carbocycles. The van der Waals surface area contributed by atoms with Gasteiger partial charge in [-0.05, 0) is 12.3 Å². The number of carbonyl (C=O) groups is 1. The van der Waals surface area contributed by atoms with E-state index >= 15 is 0 Å². The lowest BCUT2D eigenvalue weighted by molar-refractivity contribution is 0.0989. The van der Waals surface area contributed by atoms with Crippen molar-refractivity contribution >= 4 is 11.9 Å². The summed E-state index contributed by atoms with van der Waals surface area (Å²) in [6, 6.07) is 0. The molecule has 0 atom stereocenters. The number of nitrogens with zero attached hydrogens (tertiary/aromatic N) is 2. The number of amidine groups is 1. The molecule has 0 aliphatic carbocycles. The molecule has 100 valence electrons. The monoisotopic (exact) mass is 245 g/mol. The zero-order valence-electron chi connectivity index (χ0n) is 10.8. The molecule has 1 amide bonds. The van der Waals surface area contributed by atoms with Crippen LogP contribution < -0.4 is 5.73 Å². The van der Waals surface area contributed by atoms with Gasteiger partial charge in [0.2, 0.25) is 0 Å². The zero-order valence-corrected chi connectivity index (χ0v) is 10.8. The number of rotatable bonds is 7. The van der Waals surface area contributed by atoms with E-state index < -0.39 is 0 Å². The van der Waals surface area contributed by atoms with Gasteiger partial charge < -0.3 is 20.6 Å². The Morgan fingerprint density at radius 3 is 2.65 bits per heavy atom. The van der Waals surface area contributed by atoms with Crippen LogP contribution in [0.4, 0.5) is 4.79 Å². The van der Waals surface area contributed by atoms with Crippen LogP contribution in [0.2, 0.25) is 0 Å². The minimum atomic E-state index is -0.341. The van der Waals surface area contributed by atoms with Crippen molar-refractivity contribution in [2.24, 2.45) is 16.8 Å². The highest BCUT2D eigenvalue weighted by Crippen LogP contribution is 2.03. The fraction of sp³-hybridized carbons (Fsp3) is 0.818. The number of hydrogen-bond donors (Lipinski definition) is 2. The van der Waals surface area contributed by atoms with Gasteiger partial charge in [0, 0.05) is 19.5 Å². The molecular weight excluding hydrogens is 222 g/mol. The fourth-order valence-electron chi connectivity index (χ4n) is 1.28. The van der Waals surface area contributed by atoms with Crippen molar-refractivity contribution in [2.75, 3.05) is 19.7 Å². The summed E-state index contributed by atoms with van der Waals surface area (Å²) in [7, 11) is 0. The molecule has 0 fully saturated rings. The highest BCUT2D eigenvalue weighted by molar-refractivity contribution is 5.80. The predicted octanol–water partition coefficient (Wildman–Crippen LogP) is 1.63. The van der Waals surface area contributed by atoms with Crippen LogP contribution in [0.3, 0.4) is 0 Å². The van der Waals surface area contributed by atoms with E-state index in [1.54, 1.807) is 4.90 Å². The maximum Gasteiger partial charge on any atom is 0.409 e. The van der Waals surface area contributed by atoms with Gasteiger partial charge in [0.1, 0.15) is 5.84 Å². The lowest BCUT2D eigenvalue weighted by atomic mass is 10.2. The normalized spacial score (nSPS) is 11.6. The Balaban J connectivity index is 4.26. The molecule has 0 aliphatic rings. The number of carbonyl (C=O) groups excluding carboxylic acids is 1. The minimum absolute atomic E-state index is 0.113. The number of ether oxygens (including phenoxy) is 1. The van der Waals surface area contributed by atoms with Gasteiger partial charge in [-0.15, -0.1) is 0 Å². The summed E-state index contributed by atoms with van der Waals surface area (Å²) in [6.45, 7) is 7.39. The second-order valence-corrected chi connectivity index (χ2v) is 4.30. The molecular formula is C11H23N3O3. The summed E-state index contributed by atoms with van der Waals surface area (Å²) in [5, 5.41) is 11.3. The summed E-state index contributed by atoms with van der Waals surface area (Å²) in [5.74, 6) is 0.457. The third-order valence-corrected chi connectivity index (χ3v) is 2.04. The molecule has 0 aromatic heterocycles. The van der Waals surface area contributed by atoms with E-state index in [4.69, 9.17) is 15.7 Å². The highest BCUT2D eigenvalue weighted by atomic mass is 16.6. The fourth-order valence-corrected chi connectivity index (χ4v) is 1.28. The molecule has 0 saturated heterocycles. The van der Waals surface area contributed by atoms with Crippen LogP contribution in [-0.4, -0.2) is 41.7 Å². The van der Waals surface area contributed by atoms with Crippen molar-refractivity contribution in [3.63, 3.8) is 0 Å². The first kappa shape index (κ1) is 15.5. The summed E-state index contributed by atoms with van der Waals surface area (Å²) in [6.07, 6.45) is 0.789. The maximum atomic E-state index is 11.7. The van der Waals surface area contributed by atoms with E-state index in [0.29, 0.717) is 32.0 Å². The van der Waals surface area contributed by atoms with E-state index in [-0.39, 0.29) is 11.9 Å². The standard InChI is InChI=1S/C11H23N3O3/c1-4-7-17-11(15)14(8-9(2)3)6-5-10(12)13-16/h9,16H,4-8H2,1-3H3,(H2,12,13). The van der Waals surface area contributed by atoms with E-state index in [1.807, 2.05) is 20.8 Å². The van der Waals surface area contributed by atoms with Crippen LogP contribution in [-0.2, 0) is 4.74 Å². The SMILES string of the molecule is CCCOC(=O)N(CCC(N)=NO)CC(C)C. The van der Waals surface area contributed by atoms with Crippen LogP contribution in [0.15, 0.2) is 5.16 Å². The lowest BCUT2D eigenvalue weighted by Gasteiger charge is -2.23. The average molecular weight is 245 g/mol. The highest BCUT2D eigenvalue weighted by Gasteiger charge is 2.16. The van der Waals surface area contributed by atoms with Crippen LogP contribution in [0.5, 0.6) is 0 Å². The number of nitrogens with two attached hydrogens (primary N) is 1. The molecule has 0 radical (unpaired) electrons. The topological polar surface area (TPSA) is 88.2 Å². The molecule has 3 N–H and O–H groups in total. The predicted molar refractivity (Wildman–Crippen MR) is 66.1 cm³/mol. The third-order valence-electron chi connectivity index (χ3n) is 2.04. The molecule has 6 heteroatoms. The molecule has 0 heterocycles. The van der Waals surface area contributed by atoms with Gasteiger partial charge in [0.05, 0.1) is 6.61 Å². The summed E-state index contributed by atoms with van der Waals surface area (Å²) in [5.41, 5.74) is 5.37. The Morgan fingerprint density at radius 2 is 2.18 bits per heavy atom. The zero-order chi connectivity index (χ0) is 13.3. The summed E-state index contributed by atoms with van der Waals surface area (Å²) >= 11 is 0. The van der Waals surface area contributed by atoms with Crippen molar-refractivity contribution in [3.8, 4) is 0 Å². The van der Waals surface area contributed by atoms with Crippen molar-refractivity contribution in [3.05, 3.63) is 0 Å². The maximum absolute atomic E-state index is 11.7. The number of hydrogen-bond acceptors (Lipinski definition) is 4. The molecule has 0 saturated carbocycles. The molecule has 17 heavy (non-hydrogen) atoms. The Labute approximate surface area is 102 Å². The van der Waals surface area contributed by atoms with Crippen molar-refractivity contribution < 1.29 is 14.7 Å². The smallest absolute Gasteiger partial charge is 0.409 e. The van der Waals surface area contributed by atoms with E-state index in [2.05, 4.69) is 5.16 Å². The molecule has 0 spiro atoms. The lowest BCUT2D eigenvalue weighted by Crippen LogP contribution is -2.37. The second-order valence-electron chi connectivity index (χ2n) is 4.30. The van der Waals surface area contributed by atoms with Crippen LogP contribution in [0, 0.1) is 5.92 Å². The molecule has 6 nitrogen and oxygen atoms in total. The van der Waals surface area contributed by atoms with Crippen LogP contribution in [0.25, 0.3) is 0 Å². The first-order chi connectivity index (χ1) is 8.01. The first-order valence-corrected chi connectivity index (χ1v) is 5.89. The Morgan fingerprint density at radius 1 is 1.53 bits per heavy atom. The number of amides is 1. The van der Waals surface area contributed by atoms with Gasteiger partial charge in [-0.2, -0.15) is 0 Å². The number of oxime groups is 1. The Hall–Kier alpha value is -1.46. The van der Waals surface area contributed by atoms with Gasteiger partial charge >= 0.3 is 6.09 Å². The van der Waals surface area contributed by atoms with Gasteiger partial charge in [-0.3, -0.25) is 0 Å². The average Bonchev–Trinajstić information content (AvgIpc) is 2.30. The Kier molecular flexibility index (Phi) is 7.92. The minimum Gasteiger partial charge on any atom is -0.449 e. The van der Waals surface area contributed by atoms with Gasteiger partial charge in [-0.1, -0.05) is 25.9 Å². The van der Waals surface area contributed by atoms with Gasteiger partial charge in [0.25, 0.3) is 0 Å². The van der Waals surface area contributed by atoms with Gasteiger partial charge in [-0.25, -0.2) is 4.79 Å². The van der Waals surface area contributed by atoms with Crippen molar-refractivity contribution in [1.82, 2.24) is 4.90 Å². The van der Waals surface area contributed by atoms with E-state index in [1.165, 1.54) is 0 Å². The van der Waals surface area contributed by atoms with Crippen molar-refractivity contribution in [2.45, 2.75) is 33.6 Å². The Bertz CT molecular complexity index is 254. The summed E-state index contributed by atoms with van der Waals surface area (Å²) in [4.78, 5) is 13.3. The molecule has 0 bridgehead atoms. The van der Waals surface area contributed by atoms with Gasteiger partial charge in [0.15, 0.2) is 0 Å². The molecule has 0 unspecified atom stereocenters. The second kappa shape index (κ2) is 8.66. The summed E-state index contributed by atoms with van der Waals surface area (Å²) < 4.78 is 5.06. The van der Waals surface area contributed by atoms with Crippen LogP contribution in [0.1, 0.15) is 33.6 Å².